The molecule has 1 aromatic carbocycles. The van der Waals surface area contributed by atoms with Gasteiger partial charge in [0.15, 0.2) is 9.84 Å². The van der Waals surface area contributed by atoms with Crippen LogP contribution in [0, 0.1) is 0 Å². The first-order valence-corrected chi connectivity index (χ1v) is 9.32. The number of esters is 1. The molecule has 1 unspecified atom stereocenters. The van der Waals surface area contributed by atoms with Gasteiger partial charge in [-0.1, -0.05) is 30.8 Å². The molecule has 0 bridgehead atoms. The van der Waals surface area contributed by atoms with Gasteiger partial charge < -0.3 is 4.74 Å². The highest BCUT2D eigenvalue weighted by Crippen LogP contribution is 2.32. The minimum atomic E-state index is -3.25. The predicted molar refractivity (Wildman–Crippen MR) is 86.5 cm³/mol. The van der Waals surface area contributed by atoms with Crippen molar-refractivity contribution < 1.29 is 17.9 Å². The lowest BCUT2D eigenvalue weighted by atomic mass is 9.84. The first kappa shape index (κ1) is 16.7. The van der Waals surface area contributed by atoms with Gasteiger partial charge in [0, 0.05) is 5.57 Å². The first-order chi connectivity index (χ1) is 10.4. The Morgan fingerprint density at radius 1 is 1.36 bits per heavy atom. The van der Waals surface area contributed by atoms with Gasteiger partial charge >= 0.3 is 5.97 Å². The number of hydrogen-bond donors (Lipinski definition) is 0. The van der Waals surface area contributed by atoms with Crippen LogP contribution in [-0.4, -0.2) is 32.5 Å². The molecular formula is C17H22O4S. The van der Waals surface area contributed by atoms with Gasteiger partial charge in [0.25, 0.3) is 0 Å². The first-order valence-electron chi connectivity index (χ1n) is 7.50. The van der Waals surface area contributed by atoms with Gasteiger partial charge in [0.05, 0.1) is 11.5 Å². The van der Waals surface area contributed by atoms with Gasteiger partial charge in [0.1, 0.15) is 6.61 Å². The van der Waals surface area contributed by atoms with Crippen molar-refractivity contribution in [1.82, 2.24) is 0 Å². The van der Waals surface area contributed by atoms with Crippen molar-refractivity contribution in [2.75, 3.05) is 18.1 Å². The van der Waals surface area contributed by atoms with E-state index in [0.29, 0.717) is 0 Å². The zero-order valence-electron chi connectivity index (χ0n) is 12.9. The van der Waals surface area contributed by atoms with Crippen LogP contribution in [0.4, 0.5) is 0 Å². The summed E-state index contributed by atoms with van der Waals surface area (Å²) in [4.78, 5) is 11.3. The molecule has 0 N–H and O–H groups in total. The van der Waals surface area contributed by atoms with Gasteiger partial charge in [-0.25, -0.2) is 13.2 Å². The number of carbonyl (C=O) groups is 1. The van der Waals surface area contributed by atoms with Crippen molar-refractivity contribution in [3.8, 4) is 0 Å². The molecule has 2 rings (SSSR count). The number of ether oxygens (including phenoxy) is 1. The summed E-state index contributed by atoms with van der Waals surface area (Å²) in [5.74, 6) is -0.510. The Bertz CT molecular complexity index is 661. The van der Waals surface area contributed by atoms with E-state index in [1.165, 1.54) is 12.5 Å². The summed E-state index contributed by atoms with van der Waals surface area (Å²) in [7, 11) is -3.25. The lowest BCUT2D eigenvalue weighted by Crippen LogP contribution is -2.24. The average molecular weight is 322 g/mol. The molecule has 1 aliphatic carbocycles. The zero-order chi connectivity index (χ0) is 16.2. The van der Waals surface area contributed by atoms with E-state index in [0.717, 1.165) is 24.8 Å². The molecule has 0 radical (unpaired) electrons. The second-order valence-corrected chi connectivity index (χ2v) is 8.05. The summed E-state index contributed by atoms with van der Waals surface area (Å²) in [6.07, 6.45) is 2.92. The lowest BCUT2D eigenvalue weighted by molar-refractivity contribution is -0.138. The largest absolute Gasteiger partial charge is 0.461 e. The summed E-state index contributed by atoms with van der Waals surface area (Å²) >= 11 is 0. The summed E-state index contributed by atoms with van der Waals surface area (Å²) < 4.78 is 29.4. The summed E-state index contributed by atoms with van der Waals surface area (Å²) in [6.45, 7) is 4.89. The Kier molecular flexibility index (Phi) is 5.40. The van der Waals surface area contributed by atoms with Crippen LogP contribution in [0.3, 0.4) is 0 Å². The Labute approximate surface area is 132 Å². The van der Waals surface area contributed by atoms with E-state index in [-0.39, 0.29) is 29.6 Å². The minimum Gasteiger partial charge on any atom is -0.461 e. The fourth-order valence-electron chi connectivity index (χ4n) is 2.80. The van der Waals surface area contributed by atoms with Crippen molar-refractivity contribution in [2.45, 2.75) is 32.1 Å². The monoisotopic (exact) mass is 322 g/mol. The number of carbonyl (C=O) groups excluding carboxylic acids is 1. The molecule has 4 nitrogen and oxygen atoms in total. The molecule has 1 atom stereocenters. The van der Waals surface area contributed by atoms with Crippen molar-refractivity contribution in [3.05, 3.63) is 47.5 Å². The van der Waals surface area contributed by atoms with Crippen molar-refractivity contribution in [2.24, 2.45) is 0 Å². The maximum atomic E-state index is 12.2. The highest BCUT2D eigenvalue weighted by molar-refractivity contribution is 7.91. The van der Waals surface area contributed by atoms with Gasteiger partial charge in [0.2, 0.25) is 0 Å². The average Bonchev–Trinajstić information content (AvgIpc) is 2.47. The Balaban J connectivity index is 1.95. The van der Waals surface area contributed by atoms with E-state index in [1.807, 2.05) is 18.2 Å². The molecular weight excluding hydrogens is 300 g/mol. The third-order valence-electron chi connectivity index (χ3n) is 3.92. The summed E-state index contributed by atoms with van der Waals surface area (Å²) in [5, 5.41) is 0. The number of benzene rings is 1. The van der Waals surface area contributed by atoms with E-state index in [4.69, 9.17) is 4.74 Å². The lowest BCUT2D eigenvalue weighted by Gasteiger charge is -2.25. The molecule has 5 heteroatoms. The molecule has 0 saturated carbocycles. The molecule has 0 heterocycles. The van der Waals surface area contributed by atoms with E-state index in [9.17, 15) is 13.2 Å². The fourth-order valence-corrected chi connectivity index (χ4v) is 4.27. The van der Waals surface area contributed by atoms with Crippen molar-refractivity contribution in [3.63, 3.8) is 0 Å². The fraction of sp³-hybridized carbons (Fsp3) is 0.471. The maximum absolute atomic E-state index is 12.2. The standard InChI is InChI=1S/C17H22O4S/c1-13(2)17(18)21-10-11-22(19,20)12-15-8-5-7-14-6-3-4-9-16(14)15/h3-4,6,9,15H,1,5,7-8,10-12H2,2H3. The van der Waals surface area contributed by atoms with Gasteiger partial charge in [-0.15, -0.1) is 0 Å². The zero-order valence-corrected chi connectivity index (χ0v) is 13.7. The summed E-state index contributed by atoms with van der Waals surface area (Å²) in [5.41, 5.74) is 2.68. The molecule has 22 heavy (non-hydrogen) atoms. The van der Waals surface area contributed by atoms with Crippen molar-refractivity contribution >= 4 is 15.8 Å². The van der Waals surface area contributed by atoms with Crippen LogP contribution in [0.25, 0.3) is 0 Å². The van der Waals surface area contributed by atoms with E-state index < -0.39 is 15.8 Å². The van der Waals surface area contributed by atoms with E-state index in [1.54, 1.807) is 0 Å². The number of fused-ring (bicyclic) bond motifs is 1. The van der Waals surface area contributed by atoms with Crippen LogP contribution in [0.2, 0.25) is 0 Å². The SMILES string of the molecule is C=C(C)C(=O)OCCS(=O)(=O)CC1CCCc2ccccc21. The van der Waals surface area contributed by atoms with Gasteiger partial charge in [-0.05, 0) is 43.2 Å². The number of sulfone groups is 1. The Morgan fingerprint density at radius 3 is 2.82 bits per heavy atom. The second-order valence-electron chi connectivity index (χ2n) is 5.82. The van der Waals surface area contributed by atoms with Crippen LogP contribution in [0.15, 0.2) is 36.4 Å². The summed E-state index contributed by atoms with van der Waals surface area (Å²) in [6, 6.07) is 8.05. The topological polar surface area (TPSA) is 60.4 Å². The quantitative estimate of drug-likeness (QED) is 0.597. The Morgan fingerprint density at radius 2 is 2.09 bits per heavy atom. The third kappa shape index (κ3) is 4.44. The normalized spacial score (nSPS) is 17.6. The van der Waals surface area contributed by atoms with Gasteiger partial charge in [-0.3, -0.25) is 0 Å². The number of hydrogen-bond acceptors (Lipinski definition) is 4. The number of aryl methyl sites for hydroxylation is 1. The van der Waals surface area contributed by atoms with E-state index in [2.05, 4.69) is 12.6 Å². The molecule has 0 saturated heterocycles. The second kappa shape index (κ2) is 7.09. The highest BCUT2D eigenvalue weighted by Gasteiger charge is 2.25. The van der Waals surface area contributed by atoms with Crippen LogP contribution < -0.4 is 0 Å². The molecule has 0 aromatic heterocycles. The molecule has 0 spiro atoms. The van der Waals surface area contributed by atoms with E-state index >= 15 is 0 Å². The maximum Gasteiger partial charge on any atom is 0.333 e. The number of rotatable bonds is 6. The molecule has 120 valence electrons. The predicted octanol–water partition coefficient (Wildman–Crippen LogP) is 2.64. The minimum absolute atomic E-state index is 0.0480. The molecule has 0 aliphatic heterocycles. The van der Waals surface area contributed by atoms with Gasteiger partial charge in [-0.2, -0.15) is 0 Å². The molecule has 1 aliphatic rings. The van der Waals surface area contributed by atoms with Crippen LogP contribution in [0.1, 0.15) is 36.8 Å². The van der Waals surface area contributed by atoms with Crippen LogP contribution >= 0.6 is 0 Å². The van der Waals surface area contributed by atoms with Crippen LogP contribution in [0.5, 0.6) is 0 Å². The molecule has 1 aromatic rings. The molecule has 0 fully saturated rings. The highest BCUT2D eigenvalue weighted by atomic mass is 32.2. The molecule has 0 amide bonds. The Hall–Kier alpha value is -1.62. The van der Waals surface area contributed by atoms with Crippen molar-refractivity contribution in [1.29, 1.82) is 0 Å². The van der Waals surface area contributed by atoms with Crippen LogP contribution in [-0.2, 0) is 25.8 Å². The third-order valence-corrected chi connectivity index (χ3v) is 5.62. The smallest absolute Gasteiger partial charge is 0.333 e.